The molecule has 0 saturated carbocycles. The summed E-state index contributed by atoms with van der Waals surface area (Å²) in [5.41, 5.74) is 10.6. The number of aromatic hydroxyl groups is 2. The van der Waals surface area contributed by atoms with Crippen LogP contribution in [0.2, 0.25) is 0 Å². The van der Waals surface area contributed by atoms with E-state index in [0.29, 0.717) is 11.5 Å². The molecule has 0 saturated heterocycles. The smallest absolute Gasteiger partial charge is 0.119 e. The molecule has 2 heteroatoms. The topological polar surface area (TPSA) is 40.5 Å². The van der Waals surface area contributed by atoms with Gasteiger partial charge in [-0.15, -0.1) is 0 Å². The maximum absolute atomic E-state index is 11.2. The molecule has 1 aliphatic rings. The van der Waals surface area contributed by atoms with E-state index < -0.39 is 5.41 Å². The Morgan fingerprint density at radius 3 is 1.31 bits per heavy atom. The van der Waals surface area contributed by atoms with E-state index in [1.54, 1.807) is 0 Å². The fourth-order valence-electron chi connectivity index (χ4n) is 6.33. The predicted molar refractivity (Wildman–Crippen MR) is 145 cm³/mol. The maximum atomic E-state index is 11.2. The third kappa shape index (κ3) is 3.31. The summed E-state index contributed by atoms with van der Waals surface area (Å²) in [7, 11) is 0. The van der Waals surface area contributed by atoms with Gasteiger partial charge in [0, 0.05) is 0 Å². The summed E-state index contributed by atoms with van der Waals surface area (Å²) in [5.74, 6) is 0.710. The van der Waals surface area contributed by atoms with E-state index >= 15 is 0 Å². The Morgan fingerprint density at radius 1 is 0.543 bits per heavy atom. The molecule has 0 fully saturated rings. The molecule has 1 aliphatic carbocycles. The molecular weight excluding hydrogens is 428 g/mol. The van der Waals surface area contributed by atoms with E-state index in [1.165, 1.54) is 33.4 Å². The number of hydrogen-bond donors (Lipinski definition) is 2. The molecule has 0 bridgehead atoms. The monoisotopic (exact) mass is 462 g/mol. The average molecular weight is 463 g/mol. The molecule has 0 amide bonds. The van der Waals surface area contributed by atoms with Crippen LogP contribution in [0.5, 0.6) is 11.5 Å². The first kappa shape index (κ1) is 23.2. The standard InChI is InChI=1S/C33H34O2/c1-5-21-17-23(19-31(34)25(21)7-3)33(24-18-22(6-2)26(8-4)32(35)20-24)29-15-11-9-13-27(29)28-14-10-12-16-30(28)33/h9-20,34-35H,5-8H2,1-4H3. The normalized spacial score (nSPS) is 13.5. The molecular formula is C33H34O2. The molecule has 35 heavy (non-hydrogen) atoms. The van der Waals surface area contributed by atoms with Gasteiger partial charge in [0.1, 0.15) is 11.5 Å². The highest BCUT2D eigenvalue weighted by Crippen LogP contribution is 2.57. The van der Waals surface area contributed by atoms with Crippen molar-refractivity contribution in [1.29, 1.82) is 0 Å². The molecule has 178 valence electrons. The van der Waals surface area contributed by atoms with Crippen molar-refractivity contribution in [3.05, 3.63) is 117 Å². The van der Waals surface area contributed by atoms with Crippen molar-refractivity contribution in [1.82, 2.24) is 0 Å². The number of aryl methyl sites for hydroxylation is 2. The van der Waals surface area contributed by atoms with Gasteiger partial charge in [-0.2, -0.15) is 0 Å². The Hall–Kier alpha value is -3.52. The third-order valence-corrected chi connectivity index (χ3v) is 7.92. The van der Waals surface area contributed by atoms with Crippen LogP contribution >= 0.6 is 0 Å². The van der Waals surface area contributed by atoms with Crippen molar-refractivity contribution >= 4 is 0 Å². The fraction of sp³-hybridized carbons (Fsp3) is 0.273. The minimum Gasteiger partial charge on any atom is -0.508 e. The van der Waals surface area contributed by atoms with Crippen molar-refractivity contribution in [3.63, 3.8) is 0 Å². The van der Waals surface area contributed by atoms with E-state index in [0.717, 1.165) is 47.9 Å². The number of phenolic OH excluding ortho intramolecular Hbond substituents is 2. The summed E-state index contributed by atoms with van der Waals surface area (Å²) in [6.45, 7) is 8.49. The number of benzene rings is 4. The van der Waals surface area contributed by atoms with Crippen LogP contribution in [0.15, 0.2) is 72.8 Å². The maximum Gasteiger partial charge on any atom is 0.119 e. The van der Waals surface area contributed by atoms with Crippen LogP contribution in [-0.2, 0) is 31.1 Å². The summed E-state index contributed by atoms with van der Waals surface area (Å²) in [6.07, 6.45) is 3.29. The van der Waals surface area contributed by atoms with Gasteiger partial charge in [-0.25, -0.2) is 0 Å². The van der Waals surface area contributed by atoms with E-state index in [2.05, 4.69) is 88.4 Å². The van der Waals surface area contributed by atoms with E-state index in [-0.39, 0.29) is 0 Å². The van der Waals surface area contributed by atoms with Gasteiger partial charge in [0.2, 0.25) is 0 Å². The van der Waals surface area contributed by atoms with Gasteiger partial charge in [-0.1, -0.05) is 88.4 Å². The number of phenols is 2. The summed E-state index contributed by atoms with van der Waals surface area (Å²) in [6, 6.07) is 25.7. The number of hydrogen-bond acceptors (Lipinski definition) is 2. The minimum absolute atomic E-state index is 0.355. The average Bonchev–Trinajstić information content (AvgIpc) is 3.19. The van der Waals surface area contributed by atoms with Gasteiger partial charge in [-0.05, 0) is 93.5 Å². The molecule has 0 atom stereocenters. The predicted octanol–water partition coefficient (Wildman–Crippen LogP) is 7.71. The second kappa shape index (κ2) is 8.92. The summed E-state index contributed by atoms with van der Waals surface area (Å²) < 4.78 is 0. The number of rotatable bonds is 6. The van der Waals surface area contributed by atoms with Gasteiger partial charge in [0.15, 0.2) is 0 Å². The Labute approximate surface area is 208 Å². The van der Waals surface area contributed by atoms with Gasteiger partial charge in [0.25, 0.3) is 0 Å². The van der Waals surface area contributed by atoms with Crippen molar-refractivity contribution in [2.24, 2.45) is 0 Å². The largest absolute Gasteiger partial charge is 0.508 e. The summed E-state index contributed by atoms with van der Waals surface area (Å²) >= 11 is 0. The molecule has 0 unspecified atom stereocenters. The fourth-order valence-corrected chi connectivity index (χ4v) is 6.33. The lowest BCUT2D eigenvalue weighted by molar-refractivity contribution is 0.464. The van der Waals surface area contributed by atoms with Crippen LogP contribution in [0, 0.1) is 0 Å². The van der Waals surface area contributed by atoms with Crippen LogP contribution in [0.1, 0.15) is 72.2 Å². The molecule has 0 aromatic heterocycles. The zero-order valence-electron chi connectivity index (χ0n) is 21.2. The third-order valence-electron chi connectivity index (χ3n) is 7.92. The Kier molecular flexibility index (Phi) is 5.92. The second-order valence-electron chi connectivity index (χ2n) is 9.52. The molecule has 0 heterocycles. The molecule has 2 N–H and O–H groups in total. The van der Waals surface area contributed by atoms with Crippen LogP contribution in [-0.4, -0.2) is 10.2 Å². The molecule has 0 radical (unpaired) electrons. The van der Waals surface area contributed by atoms with Crippen molar-refractivity contribution < 1.29 is 10.2 Å². The Bertz CT molecular complexity index is 1300. The first-order chi connectivity index (χ1) is 17.0. The van der Waals surface area contributed by atoms with Gasteiger partial charge < -0.3 is 10.2 Å². The molecule has 0 spiro atoms. The lowest BCUT2D eigenvalue weighted by Crippen LogP contribution is -2.29. The first-order valence-electron chi connectivity index (χ1n) is 12.9. The summed E-state index contributed by atoms with van der Waals surface area (Å²) in [5, 5.41) is 22.4. The Morgan fingerprint density at radius 2 is 0.943 bits per heavy atom. The van der Waals surface area contributed by atoms with E-state index in [4.69, 9.17) is 0 Å². The van der Waals surface area contributed by atoms with Crippen molar-refractivity contribution in [3.8, 4) is 22.6 Å². The zero-order valence-corrected chi connectivity index (χ0v) is 21.2. The van der Waals surface area contributed by atoms with E-state index in [9.17, 15) is 10.2 Å². The lowest BCUT2D eigenvalue weighted by Gasteiger charge is -2.35. The highest BCUT2D eigenvalue weighted by Gasteiger charge is 2.46. The molecule has 5 rings (SSSR count). The van der Waals surface area contributed by atoms with Crippen LogP contribution in [0.3, 0.4) is 0 Å². The first-order valence-corrected chi connectivity index (χ1v) is 12.9. The van der Waals surface area contributed by atoms with Crippen molar-refractivity contribution in [2.75, 3.05) is 0 Å². The summed E-state index contributed by atoms with van der Waals surface area (Å²) in [4.78, 5) is 0. The quantitative estimate of drug-likeness (QED) is 0.271. The highest BCUT2D eigenvalue weighted by molar-refractivity contribution is 5.86. The second-order valence-corrected chi connectivity index (χ2v) is 9.52. The van der Waals surface area contributed by atoms with Crippen molar-refractivity contribution in [2.45, 2.75) is 58.8 Å². The van der Waals surface area contributed by atoms with Crippen LogP contribution in [0.4, 0.5) is 0 Å². The molecule has 2 nitrogen and oxygen atoms in total. The van der Waals surface area contributed by atoms with Gasteiger partial charge in [-0.3, -0.25) is 0 Å². The van der Waals surface area contributed by atoms with Crippen LogP contribution < -0.4 is 0 Å². The highest BCUT2D eigenvalue weighted by atomic mass is 16.3. The van der Waals surface area contributed by atoms with Gasteiger partial charge >= 0.3 is 0 Å². The minimum atomic E-state index is -0.630. The molecule has 4 aromatic carbocycles. The SMILES string of the molecule is CCc1cc(C2(c3cc(O)c(CC)c(CC)c3)c3ccccc3-c3ccccc32)cc(O)c1CC. The molecule has 4 aromatic rings. The zero-order chi connectivity index (χ0) is 24.7. The van der Waals surface area contributed by atoms with Gasteiger partial charge in [0.05, 0.1) is 5.41 Å². The Balaban J connectivity index is 1.97. The molecule has 0 aliphatic heterocycles. The lowest BCUT2D eigenvalue weighted by atomic mass is 9.66. The number of fused-ring (bicyclic) bond motifs is 3. The van der Waals surface area contributed by atoms with E-state index in [1.807, 2.05) is 12.1 Å². The van der Waals surface area contributed by atoms with Crippen LogP contribution in [0.25, 0.3) is 11.1 Å².